The Morgan fingerprint density at radius 3 is 3.00 bits per heavy atom. The Morgan fingerprint density at radius 1 is 1.60 bits per heavy atom. The fraction of sp³-hybridized carbons (Fsp3) is 0.733. The zero-order chi connectivity index (χ0) is 14.2. The van der Waals surface area contributed by atoms with Crippen molar-refractivity contribution in [2.75, 3.05) is 6.54 Å². The maximum absolute atomic E-state index is 12.4. The van der Waals surface area contributed by atoms with Crippen molar-refractivity contribution in [3.63, 3.8) is 0 Å². The second-order valence-corrected chi connectivity index (χ2v) is 6.22. The maximum atomic E-state index is 12.4. The summed E-state index contributed by atoms with van der Waals surface area (Å²) in [5.74, 6) is 0.0149. The topological polar surface area (TPSA) is 59.0 Å². The van der Waals surface area contributed by atoms with Gasteiger partial charge in [-0.2, -0.15) is 5.10 Å². The van der Waals surface area contributed by atoms with Crippen LogP contribution in [0.3, 0.4) is 0 Å². The molecule has 5 heteroatoms. The van der Waals surface area contributed by atoms with Gasteiger partial charge in [-0.05, 0) is 51.1 Å². The molecule has 1 aliphatic heterocycles. The Bertz CT molecular complexity index is 504. The van der Waals surface area contributed by atoms with E-state index in [1.165, 1.54) is 19.3 Å². The molecule has 1 aliphatic carbocycles. The molecule has 2 N–H and O–H groups in total. The molecule has 1 unspecified atom stereocenters. The second kappa shape index (κ2) is 5.20. The molecule has 0 bridgehead atoms. The molecule has 20 heavy (non-hydrogen) atoms. The number of piperidine rings is 1. The minimum Gasteiger partial charge on any atom is -0.348 e. The molecule has 1 aromatic heterocycles. The zero-order valence-corrected chi connectivity index (χ0v) is 12.4. The molecule has 1 saturated carbocycles. The number of amides is 1. The third kappa shape index (κ3) is 2.46. The molecule has 1 atom stereocenters. The van der Waals surface area contributed by atoms with Gasteiger partial charge in [0.2, 0.25) is 0 Å². The van der Waals surface area contributed by atoms with E-state index in [4.69, 9.17) is 0 Å². The fourth-order valence-electron chi connectivity index (χ4n) is 3.44. The van der Waals surface area contributed by atoms with E-state index in [0.717, 1.165) is 31.5 Å². The molecule has 0 aromatic carbocycles. The lowest BCUT2D eigenvalue weighted by Crippen LogP contribution is -2.59. The lowest BCUT2D eigenvalue weighted by Gasteiger charge is -2.48. The van der Waals surface area contributed by atoms with Crippen molar-refractivity contribution < 1.29 is 4.79 Å². The maximum Gasteiger partial charge on any atom is 0.269 e. The van der Waals surface area contributed by atoms with Crippen LogP contribution in [0.4, 0.5) is 0 Å². The Hall–Kier alpha value is -1.36. The number of hydrogen-bond donors (Lipinski definition) is 2. The van der Waals surface area contributed by atoms with Crippen LogP contribution in [0.15, 0.2) is 6.07 Å². The molecular weight excluding hydrogens is 252 g/mol. The van der Waals surface area contributed by atoms with Crippen LogP contribution in [-0.4, -0.2) is 33.8 Å². The van der Waals surface area contributed by atoms with Gasteiger partial charge in [-0.15, -0.1) is 0 Å². The van der Waals surface area contributed by atoms with Crippen molar-refractivity contribution in [3.05, 3.63) is 17.5 Å². The van der Waals surface area contributed by atoms with Crippen molar-refractivity contribution in [3.8, 4) is 0 Å². The zero-order valence-electron chi connectivity index (χ0n) is 12.4. The average Bonchev–Trinajstić information content (AvgIpc) is 2.78. The summed E-state index contributed by atoms with van der Waals surface area (Å²) in [6, 6.07) is 2.19. The summed E-state index contributed by atoms with van der Waals surface area (Å²) in [5.41, 5.74) is 1.96. The molecule has 1 aromatic rings. The highest BCUT2D eigenvalue weighted by molar-refractivity contribution is 5.92. The van der Waals surface area contributed by atoms with E-state index >= 15 is 0 Å². The lowest BCUT2D eigenvalue weighted by molar-refractivity contribution is 0.0844. The van der Waals surface area contributed by atoms with E-state index in [2.05, 4.69) is 22.7 Å². The van der Waals surface area contributed by atoms with Crippen molar-refractivity contribution in [2.24, 2.45) is 7.05 Å². The van der Waals surface area contributed by atoms with Crippen LogP contribution >= 0.6 is 0 Å². The van der Waals surface area contributed by atoms with E-state index < -0.39 is 0 Å². The first kappa shape index (κ1) is 13.6. The number of nitrogens with one attached hydrogen (secondary N) is 2. The van der Waals surface area contributed by atoms with Crippen LogP contribution in [-0.2, 0) is 13.5 Å². The van der Waals surface area contributed by atoms with E-state index in [9.17, 15) is 4.79 Å². The summed E-state index contributed by atoms with van der Waals surface area (Å²) >= 11 is 0. The predicted molar refractivity (Wildman–Crippen MR) is 77.7 cm³/mol. The van der Waals surface area contributed by atoms with Gasteiger partial charge in [-0.3, -0.25) is 9.48 Å². The number of carbonyl (C=O) groups is 1. The van der Waals surface area contributed by atoms with Crippen LogP contribution in [0.2, 0.25) is 0 Å². The molecule has 5 nitrogen and oxygen atoms in total. The smallest absolute Gasteiger partial charge is 0.269 e. The molecule has 2 heterocycles. The lowest BCUT2D eigenvalue weighted by atomic mass is 9.70. The van der Waals surface area contributed by atoms with Crippen molar-refractivity contribution in [1.82, 2.24) is 20.4 Å². The van der Waals surface area contributed by atoms with Gasteiger partial charge in [-0.1, -0.05) is 6.92 Å². The summed E-state index contributed by atoms with van der Waals surface area (Å²) in [5, 5.41) is 11.2. The molecule has 1 spiro atoms. The predicted octanol–water partition coefficient (Wildman–Crippen LogP) is 1.39. The molecule has 1 amide bonds. The van der Waals surface area contributed by atoms with Crippen molar-refractivity contribution in [1.29, 1.82) is 0 Å². The summed E-state index contributed by atoms with van der Waals surface area (Å²) in [7, 11) is 1.84. The quantitative estimate of drug-likeness (QED) is 0.877. The molecule has 110 valence electrons. The van der Waals surface area contributed by atoms with Gasteiger partial charge in [0.15, 0.2) is 0 Å². The third-order valence-electron chi connectivity index (χ3n) is 4.80. The van der Waals surface area contributed by atoms with Crippen LogP contribution in [0.5, 0.6) is 0 Å². The van der Waals surface area contributed by atoms with E-state index in [-0.39, 0.29) is 5.91 Å². The molecule has 0 radical (unpaired) electrons. The van der Waals surface area contributed by atoms with Gasteiger partial charge in [0, 0.05) is 18.6 Å². The van der Waals surface area contributed by atoms with Gasteiger partial charge in [0.25, 0.3) is 5.91 Å². The van der Waals surface area contributed by atoms with Crippen molar-refractivity contribution in [2.45, 2.75) is 57.0 Å². The number of aryl methyl sites for hydroxylation is 2. The number of hydrogen-bond acceptors (Lipinski definition) is 3. The third-order valence-corrected chi connectivity index (χ3v) is 4.80. The summed E-state index contributed by atoms with van der Waals surface area (Å²) in [6.07, 6.45) is 6.77. The highest BCUT2D eigenvalue weighted by Gasteiger charge is 2.41. The first-order chi connectivity index (χ1) is 9.62. The number of carbonyl (C=O) groups excluding carboxylic acids is 1. The average molecular weight is 276 g/mol. The Kier molecular flexibility index (Phi) is 3.54. The highest BCUT2D eigenvalue weighted by Crippen LogP contribution is 2.38. The van der Waals surface area contributed by atoms with Crippen LogP contribution < -0.4 is 10.6 Å². The Morgan fingerprint density at radius 2 is 2.40 bits per heavy atom. The standard InChI is InChI=1S/C15H24N4O/c1-3-11-9-13(19(2)18-11)14(20)17-12-5-8-16-15(10-12)6-4-7-15/h9,12,16H,3-8,10H2,1-2H3,(H,17,20). The van der Waals surface area contributed by atoms with Gasteiger partial charge in [-0.25, -0.2) is 0 Å². The molecule has 1 saturated heterocycles. The van der Waals surface area contributed by atoms with Crippen LogP contribution in [0, 0.1) is 0 Å². The van der Waals surface area contributed by atoms with E-state index in [1.54, 1.807) is 4.68 Å². The van der Waals surface area contributed by atoms with E-state index in [1.807, 2.05) is 13.1 Å². The van der Waals surface area contributed by atoms with Crippen LogP contribution in [0.1, 0.15) is 55.2 Å². The SMILES string of the molecule is CCc1cc(C(=O)NC2CCNC3(CCC3)C2)n(C)n1. The fourth-order valence-corrected chi connectivity index (χ4v) is 3.44. The largest absolute Gasteiger partial charge is 0.348 e. The van der Waals surface area contributed by atoms with Gasteiger partial charge in [0.05, 0.1) is 5.69 Å². The van der Waals surface area contributed by atoms with Gasteiger partial charge >= 0.3 is 0 Å². The summed E-state index contributed by atoms with van der Waals surface area (Å²) in [6.45, 7) is 3.06. The monoisotopic (exact) mass is 276 g/mol. The van der Waals surface area contributed by atoms with Crippen LogP contribution in [0.25, 0.3) is 0 Å². The first-order valence-electron chi connectivity index (χ1n) is 7.71. The number of aromatic nitrogens is 2. The van der Waals surface area contributed by atoms with Gasteiger partial charge < -0.3 is 10.6 Å². The molecule has 3 rings (SSSR count). The van der Waals surface area contributed by atoms with E-state index in [0.29, 0.717) is 17.3 Å². The van der Waals surface area contributed by atoms with Gasteiger partial charge in [0.1, 0.15) is 5.69 Å². The minimum atomic E-state index is 0.0149. The highest BCUT2D eigenvalue weighted by atomic mass is 16.2. The minimum absolute atomic E-state index is 0.0149. The molecule has 2 fully saturated rings. The molecular formula is C15H24N4O. The normalized spacial score (nSPS) is 24.4. The Labute approximate surface area is 120 Å². The summed E-state index contributed by atoms with van der Waals surface area (Å²) < 4.78 is 1.69. The number of rotatable bonds is 3. The first-order valence-corrected chi connectivity index (χ1v) is 7.71. The number of nitrogens with zero attached hydrogens (tertiary/aromatic N) is 2. The molecule has 2 aliphatic rings. The van der Waals surface area contributed by atoms with Crippen molar-refractivity contribution >= 4 is 5.91 Å². The Balaban J connectivity index is 1.64. The second-order valence-electron chi connectivity index (χ2n) is 6.22. The summed E-state index contributed by atoms with van der Waals surface area (Å²) in [4.78, 5) is 12.4.